The molecule has 0 radical (unpaired) electrons. The molecule has 6 nitrogen and oxygen atoms in total. The number of aromatic nitrogens is 2. The van der Waals surface area contributed by atoms with Gasteiger partial charge < -0.3 is 10.6 Å². The van der Waals surface area contributed by atoms with Crippen molar-refractivity contribution in [3.63, 3.8) is 0 Å². The number of hydrogen-bond donors (Lipinski definition) is 2. The first-order chi connectivity index (χ1) is 15.1. The summed E-state index contributed by atoms with van der Waals surface area (Å²) in [5.41, 5.74) is 4.00. The number of carbonyl (C=O) groups is 2. The SMILES string of the molecule is CCc1ccc(-c2csc(NC(=O)CSCC(=O)Nc3nc4ccccc4s3)n2)cc1. The van der Waals surface area contributed by atoms with Gasteiger partial charge in [0.1, 0.15) is 0 Å². The molecule has 31 heavy (non-hydrogen) atoms. The minimum Gasteiger partial charge on any atom is -0.301 e. The fourth-order valence-corrected chi connectivity index (χ4v) is 5.08. The Hall–Kier alpha value is -2.75. The molecule has 2 N–H and O–H groups in total. The van der Waals surface area contributed by atoms with Gasteiger partial charge in [0.05, 0.1) is 27.4 Å². The fourth-order valence-electron chi connectivity index (χ4n) is 2.85. The molecule has 2 amide bonds. The van der Waals surface area contributed by atoms with Gasteiger partial charge in [0.15, 0.2) is 10.3 Å². The van der Waals surface area contributed by atoms with Crippen molar-refractivity contribution in [1.29, 1.82) is 0 Å². The van der Waals surface area contributed by atoms with Crippen LogP contribution in [0.4, 0.5) is 10.3 Å². The van der Waals surface area contributed by atoms with E-state index in [0.29, 0.717) is 10.3 Å². The molecular formula is C22H20N4O2S3. The Morgan fingerprint density at radius 3 is 2.35 bits per heavy atom. The number of rotatable bonds is 8. The van der Waals surface area contributed by atoms with Crippen LogP contribution in [0.2, 0.25) is 0 Å². The molecule has 0 aliphatic rings. The number of hydrogen-bond acceptors (Lipinski definition) is 7. The van der Waals surface area contributed by atoms with Gasteiger partial charge in [0, 0.05) is 10.9 Å². The zero-order chi connectivity index (χ0) is 21.6. The van der Waals surface area contributed by atoms with Crippen LogP contribution in [0.25, 0.3) is 21.5 Å². The first-order valence-electron chi connectivity index (χ1n) is 9.68. The van der Waals surface area contributed by atoms with Crippen LogP contribution in [0.15, 0.2) is 53.9 Å². The zero-order valence-corrected chi connectivity index (χ0v) is 19.2. The Labute approximate surface area is 192 Å². The maximum absolute atomic E-state index is 12.2. The summed E-state index contributed by atoms with van der Waals surface area (Å²) in [6, 6.07) is 16.0. The molecule has 4 rings (SSSR count). The lowest BCUT2D eigenvalue weighted by Crippen LogP contribution is -2.18. The van der Waals surface area contributed by atoms with E-state index >= 15 is 0 Å². The highest BCUT2D eigenvalue weighted by Gasteiger charge is 2.11. The molecule has 4 aromatic rings. The van der Waals surface area contributed by atoms with Crippen LogP contribution in [0.5, 0.6) is 0 Å². The summed E-state index contributed by atoms with van der Waals surface area (Å²) in [4.78, 5) is 33.2. The molecule has 0 saturated heterocycles. The van der Waals surface area contributed by atoms with Crippen LogP contribution in [0.1, 0.15) is 12.5 Å². The van der Waals surface area contributed by atoms with Crippen LogP contribution in [-0.2, 0) is 16.0 Å². The van der Waals surface area contributed by atoms with Crippen LogP contribution < -0.4 is 10.6 Å². The van der Waals surface area contributed by atoms with Crippen molar-refractivity contribution in [1.82, 2.24) is 9.97 Å². The summed E-state index contributed by atoms with van der Waals surface area (Å²) >= 11 is 4.07. The lowest BCUT2D eigenvalue weighted by Gasteiger charge is -2.03. The predicted molar refractivity (Wildman–Crippen MR) is 131 cm³/mol. The van der Waals surface area contributed by atoms with Crippen molar-refractivity contribution in [3.8, 4) is 11.3 Å². The molecular weight excluding hydrogens is 448 g/mol. The second-order valence-electron chi connectivity index (χ2n) is 6.66. The highest BCUT2D eigenvalue weighted by molar-refractivity contribution is 8.00. The van der Waals surface area contributed by atoms with Crippen molar-refractivity contribution >= 4 is 66.7 Å². The molecule has 0 aliphatic carbocycles. The van der Waals surface area contributed by atoms with E-state index in [1.807, 2.05) is 41.8 Å². The first kappa shape index (κ1) is 21.5. The van der Waals surface area contributed by atoms with Gasteiger partial charge in [0.2, 0.25) is 11.8 Å². The summed E-state index contributed by atoms with van der Waals surface area (Å²) < 4.78 is 1.02. The van der Waals surface area contributed by atoms with E-state index in [0.717, 1.165) is 27.9 Å². The number of thiazole rings is 2. The van der Waals surface area contributed by atoms with Gasteiger partial charge in [0.25, 0.3) is 0 Å². The molecule has 2 aromatic carbocycles. The Kier molecular flexibility index (Phi) is 6.96. The van der Waals surface area contributed by atoms with E-state index in [9.17, 15) is 9.59 Å². The normalized spacial score (nSPS) is 10.9. The number of nitrogens with one attached hydrogen (secondary N) is 2. The Morgan fingerprint density at radius 1 is 0.935 bits per heavy atom. The summed E-state index contributed by atoms with van der Waals surface area (Å²) in [5, 5.41) is 8.64. The summed E-state index contributed by atoms with van der Waals surface area (Å²) in [6.07, 6.45) is 0.995. The van der Waals surface area contributed by atoms with Crippen molar-refractivity contribution in [2.24, 2.45) is 0 Å². The molecule has 0 fully saturated rings. The predicted octanol–water partition coefficient (Wildman–Crippen LogP) is 5.29. The Morgan fingerprint density at radius 2 is 1.65 bits per heavy atom. The zero-order valence-electron chi connectivity index (χ0n) is 16.8. The van der Waals surface area contributed by atoms with Crippen LogP contribution >= 0.6 is 34.4 Å². The van der Waals surface area contributed by atoms with Gasteiger partial charge in [-0.3, -0.25) is 9.59 Å². The van der Waals surface area contributed by atoms with Gasteiger partial charge in [-0.2, -0.15) is 0 Å². The van der Waals surface area contributed by atoms with Crippen molar-refractivity contribution in [3.05, 3.63) is 59.5 Å². The monoisotopic (exact) mass is 468 g/mol. The van der Waals surface area contributed by atoms with Gasteiger partial charge in [-0.15, -0.1) is 23.1 Å². The number of nitrogens with zero attached hydrogens (tertiary/aromatic N) is 2. The fraction of sp³-hybridized carbons (Fsp3) is 0.182. The quantitative estimate of drug-likeness (QED) is 0.367. The standard InChI is InChI=1S/C22H20N4O2S3/c1-2-14-7-9-15(10-8-14)17-11-30-21(24-17)25-19(27)12-29-13-20(28)26-22-23-16-5-3-4-6-18(16)31-22/h3-11H,2,12-13H2,1H3,(H,23,26,28)(H,24,25,27). The Bertz CT molecular complexity index is 1170. The molecule has 158 valence electrons. The molecule has 0 spiro atoms. The summed E-state index contributed by atoms with van der Waals surface area (Å²) in [7, 11) is 0. The average Bonchev–Trinajstić information content (AvgIpc) is 3.40. The van der Waals surface area contributed by atoms with Gasteiger partial charge in [-0.05, 0) is 24.1 Å². The van der Waals surface area contributed by atoms with E-state index in [1.54, 1.807) is 0 Å². The number of anilines is 2. The maximum atomic E-state index is 12.2. The van der Waals surface area contributed by atoms with Gasteiger partial charge in [-0.25, -0.2) is 9.97 Å². The van der Waals surface area contributed by atoms with E-state index in [-0.39, 0.29) is 23.3 Å². The van der Waals surface area contributed by atoms with E-state index < -0.39 is 0 Å². The number of fused-ring (bicyclic) bond motifs is 1. The summed E-state index contributed by atoms with van der Waals surface area (Å²) in [6.45, 7) is 2.12. The van der Waals surface area contributed by atoms with E-state index in [4.69, 9.17) is 0 Å². The van der Waals surface area contributed by atoms with Crippen molar-refractivity contribution < 1.29 is 9.59 Å². The number of carbonyl (C=O) groups excluding carboxylic acids is 2. The minimum atomic E-state index is -0.181. The lowest BCUT2D eigenvalue weighted by atomic mass is 10.1. The molecule has 0 unspecified atom stereocenters. The number of benzene rings is 2. The van der Waals surface area contributed by atoms with Crippen molar-refractivity contribution in [2.45, 2.75) is 13.3 Å². The van der Waals surface area contributed by atoms with Crippen LogP contribution in [0.3, 0.4) is 0 Å². The second kappa shape index (κ2) is 10.0. The molecule has 2 heterocycles. The molecule has 9 heteroatoms. The number of thioether (sulfide) groups is 1. The molecule has 0 aliphatic heterocycles. The average molecular weight is 469 g/mol. The minimum absolute atomic E-state index is 0.174. The van der Waals surface area contributed by atoms with E-state index in [1.165, 1.54) is 40.0 Å². The third-order valence-electron chi connectivity index (χ3n) is 4.42. The smallest absolute Gasteiger partial charge is 0.236 e. The summed E-state index contributed by atoms with van der Waals surface area (Å²) in [5.74, 6) is -0.00666. The molecule has 0 saturated carbocycles. The van der Waals surface area contributed by atoms with E-state index in [2.05, 4.69) is 39.7 Å². The topological polar surface area (TPSA) is 84.0 Å². The van der Waals surface area contributed by atoms with Gasteiger partial charge >= 0.3 is 0 Å². The van der Waals surface area contributed by atoms with Gasteiger partial charge in [-0.1, -0.05) is 54.7 Å². The third kappa shape index (κ3) is 5.69. The molecule has 0 bridgehead atoms. The highest BCUT2D eigenvalue weighted by atomic mass is 32.2. The molecule has 0 atom stereocenters. The van der Waals surface area contributed by atoms with Crippen LogP contribution in [0, 0.1) is 0 Å². The van der Waals surface area contributed by atoms with Crippen LogP contribution in [-0.4, -0.2) is 33.3 Å². The lowest BCUT2D eigenvalue weighted by molar-refractivity contribution is -0.114. The van der Waals surface area contributed by atoms with Crippen molar-refractivity contribution in [2.75, 3.05) is 22.1 Å². The largest absolute Gasteiger partial charge is 0.301 e. The third-order valence-corrected chi connectivity index (χ3v) is 7.06. The number of aryl methyl sites for hydroxylation is 1. The highest BCUT2D eigenvalue weighted by Crippen LogP contribution is 2.26. The second-order valence-corrected chi connectivity index (χ2v) is 9.54. The maximum Gasteiger partial charge on any atom is 0.236 e. The Balaban J connectivity index is 1.23. The number of para-hydroxylation sites is 1. The first-order valence-corrected chi connectivity index (χ1v) is 12.5. The number of amides is 2. The molecule has 2 aromatic heterocycles.